The summed E-state index contributed by atoms with van der Waals surface area (Å²) in [5.74, 6) is -0.875. The fourth-order valence-corrected chi connectivity index (χ4v) is 3.74. The van der Waals surface area contributed by atoms with E-state index in [1.54, 1.807) is 48.5 Å². The predicted molar refractivity (Wildman–Crippen MR) is 103 cm³/mol. The molecule has 0 saturated heterocycles. The first kappa shape index (κ1) is 22.2. The van der Waals surface area contributed by atoms with Gasteiger partial charge in [-0.15, -0.1) is 12.4 Å². The van der Waals surface area contributed by atoms with Crippen LogP contribution in [0.2, 0.25) is 0 Å². The number of sulfone groups is 1. The van der Waals surface area contributed by atoms with E-state index in [2.05, 4.69) is 5.32 Å². The minimum Gasteiger partial charge on any atom is -0.480 e. The van der Waals surface area contributed by atoms with Crippen molar-refractivity contribution >= 4 is 28.2 Å². The molecule has 0 amide bonds. The first-order valence-corrected chi connectivity index (χ1v) is 9.70. The van der Waals surface area contributed by atoms with Crippen molar-refractivity contribution < 1.29 is 18.3 Å². The van der Waals surface area contributed by atoms with Crippen LogP contribution in [0.4, 0.5) is 0 Å². The Hall–Kier alpha value is -1.89. The zero-order valence-electron chi connectivity index (χ0n) is 14.8. The van der Waals surface area contributed by atoms with Gasteiger partial charge in [-0.2, -0.15) is 0 Å². The van der Waals surface area contributed by atoms with Gasteiger partial charge in [0.15, 0.2) is 0 Å². The molecule has 0 aliphatic heterocycles. The van der Waals surface area contributed by atoms with Crippen molar-refractivity contribution in [3.05, 3.63) is 59.7 Å². The summed E-state index contributed by atoms with van der Waals surface area (Å²) >= 11 is 0. The monoisotopic (exact) mass is 397 g/mol. The smallest absolute Gasteiger partial charge is 0.320 e. The fraction of sp³-hybridized carbons (Fsp3) is 0.316. The van der Waals surface area contributed by atoms with Crippen molar-refractivity contribution in [1.82, 2.24) is 5.32 Å². The zero-order chi connectivity index (χ0) is 18.4. The summed E-state index contributed by atoms with van der Waals surface area (Å²) in [6, 6.07) is 12.7. The van der Waals surface area contributed by atoms with Crippen LogP contribution in [0.25, 0.3) is 0 Å². The van der Waals surface area contributed by atoms with Gasteiger partial charge in [-0.05, 0) is 43.2 Å². The van der Waals surface area contributed by atoms with Gasteiger partial charge in [-0.25, -0.2) is 8.42 Å². The van der Waals surface area contributed by atoms with Crippen molar-refractivity contribution in [1.29, 1.82) is 0 Å². The molecular weight excluding hydrogens is 374 g/mol. The Bertz CT molecular complexity index is 818. The molecule has 142 valence electrons. The van der Waals surface area contributed by atoms with Gasteiger partial charge in [0.2, 0.25) is 9.84 Å². The van der Waals surface area contributed by atoms with E-state index in [1.165, 1.54) is 0 Å². The van der Waals surface area contributed by atoms with E-state index in [1.807, 2.05) is 13.8 Å². The summed E-state index contributed by atoms with van der Waals surface area (Å²) in [4.78, 5) is 11.6. The number of carbonyl (C=O) groups is 1. The molecule has 0 bridgehead atoms. The van der Waals surface area contributed by atoms with E-state index < -0.39 is 21.8 Å². The molecule has 1 unspecified atom stereocenters. The van der Waals surface area contributed by atoms with Gasteiger partial charge in [0, 0.05) is 6.54 Å². The van der Waals surface area contributed by atoms with Crippen LogP contribution in [0.5, 0.6) is 0 Å². The van der Waals surface area contributed by atoms with Crippen LogP contribution in [0, 0.1) is 6.92 Å². The quantitative estimate of drug-likeness (QED) is 0.711. The second kappa shape index (κ2) is 9.71. The number of hydrogen-bond acceptors (Lipinski definition) is 4. The number of halogens is 1. The third kappa shape index (κ3) is 5.56. The average molecular weight is 398 g/mol. The van der Waals surface area contributed by atoms with E-state index in [-0.39, 0.29) is 22.2 Å². The highest BCUT2D eigenvalue weighted by molar-refractivity contribution is 7.91. The Morgan fingerprint density at radius 2 is 1.54 bits per heavy atom. The Morgan fingerprint density at radius 3 is 2.00 bits per heavy atom. The van der Waals surface area contributed by atoms with Crippen LogP contribution in [0.15, 0.2) is 58.3 Å². The highest BCUT2D eigenvalue weighted by Gasteiger charge is 2.18. The maximum atomic E-state index is 12.6. The number of aliphatic carboxylic acids is 1. The van der Waals surface area contributed by atoms with Crippen molar-refractivity contribution in [2.24, 2.45) is 0 Å². The first-order valence-electron chi connectivity index (χ1n) is 8.21. The molecule has 0 saturated carbocycles. The molecule has 0 aliphatic rings. The van der Waals surface area contributed by atoms with Gasteiger partial charge in [0.05, 0.1) is 9.79 Å². The lowest BCUT2D eigenvalue weighted by Gasteiger charge is -2.13. The van der Waals surface area contributed by atoms with Crippen molar-refractivity contribution in [2.75, 3.05) is 0 Å². The van der Waals surface area contributed by atoms with Crippen molar-refractivity contribution in [2.45, 2.75) is 49.1 Å². The number of rotatable bonds is 8. The van der Waals surface area contributed by atoms with E-state index in [4.69, 9.17) is 5.11 Å². The molecule has 0 heterocycles. The van der Waals surface area contributed by atoms with Crippen molar-refractivity contribution in [3.8, 4) is 0 Å². The summed E-state index contributed by atoms with van der Waals surface area (Å²) < 4.78 is 25.2. The maximum Gasteiger partial charge on any atom is 0.320 e. The molecule has 7 heteroatoms. The first-order chi connectivity index (χ1) is 11.8. The predicted octanol–water partition coefficient (Wildman–Crippen LogP) is 3.59. The summed E-state index contributed by atoms with van der Waals surface area (Å²) in [6.07, 6.45) is 1.33. The third-order valence-corrected chi connectivity index (χ3v) is 5.78. The average Bonchev–Trinajstić information content (AvgIpc) is 2.59. The van der Waals surface area contributed by atoms with Gasteiger partial charge in [-0.3, -0.25) is 4.79 Å². The lowest BCUT2D eigenvalue weighted by Crippen LogP contribution is -2.35. The summed E-state index contributed by atoms with van der Waals surface area (Å²) in [6.45, 7) is 4.21. The van der Waals surface area contributed by atoms with E-state index >= 15 is 0 Å². The number of benzene rings is 2. The summed E-state index contributed by atoms with van der Waals surface area (Å²) in [5, 5.41) is 12.1. The number of carboxylic acids is 1. The molecule has 0 aliphatic carbocycles. The van der Waals surface area contributed by atoms with Crippen LogP contribution < -0.4 is 5.32 Å². The van der Waals surface area contributed by atoms with E-state index in [0.29, 0.717) is 13.0 Å². The normalized spacial score (nSPS) is 12.2. The lowest BCUT2D eigenvalue weighted by molar-refractivity contribution is -0.139. The molecule has 0 fully saturated rings. The topological polar surface area (TPSA) is 83.5 Å². The zero-order valence-corrected chi connectivity index (χ0v) is 16.4. The van der Waals surface area contributed by atoms with Crippen LogP contribution in [-0.4, -0.2) is 25.5 Å². The van der Waals surface area contributed by atoms with Crippen LogP contribution in [-0.2, 0) is 21.2 Å². The number of nitrogens with one attached hydrogen (secondary N) is 1. The van der Waals surface area contributed by atoms with Gasteiger partial charge < -0.3 is 10.4 Å². The van der Waals surface area contributed by atoms with Gasteiger partial charge in [0.25, 0.3) is 0 Å². The molecular formula is C19H24ClNO4S. The molecule has 0 spiro atoms. The van der Waals surface area contributed by atoms with Gasteiger partial charge in [0.1, 0.15) is 6.04 Å². The van der Waals surface area contributed by atoms with Gasteiger partial charge in [-0.1, -0.05) is 43.2 Å². The molecule has 2 aromatic rings. The molecule has 0 aromatic heterocycles. The largest absolute Gasteiger partial charge is 0.480 e. The van der Waals surface area contributed by atoms with Crippen LogP contribution >= 0.6 is 12.4 Å². The maximum absolute atomic E-state index is 12.6. The summed E-state index contributed by atoms with van der Waals surface area (Å²) in [7, 11) is -3.54. The molecule has 1 atom stereocenters. The minimum atomic E-state index is -3.54. The van der Waals surface area contributed by atoms with E-state index in [0.717, 1.165) is 17.5 Å². The Morgan fingerprint density at radius 1 is 1.04 bits per heavy atom. The number of carboxylic acid groups (broad SMARTS) is 1. The Labute approximate surface area is 160 Å². The fourth-order valence-electron chi connectivity index (χ4n) is 2.48. The highest BCUT2D eigenvalue weighted by Crippen LogP contribution is 2.21. The standard InChI is InChI=1S/C19H23NO4S.ClH/c1-3-4-18(19(21)22)20-13-15-7-11-17(12-8-15)25(23,24)16-9-5-14(2)6-10-16;/h5-12,18,20H,3-4,13H2,1-2H3,(H,21,22);1H. The molecule has 5 nitrogen and oxygen atoms in total. The highest BCUT2D eigenvalue weighted by atomic mass is 35.5. The second-order valence-corrected chi connectivity index (χ2v) is 7.97. The van der Waals surface area contributed by atoms with Crippen LogP contribution in [0.1, 0.15) is 30.9 Å². The van der Waals surface area contributed by atoms with Gasteiger partial charge >= 0.3 is 5.97 Å². The lowest BCUT2D eigenvalue weighted by atomic mass is 10.1. The Kier molecular flexibility index (Phi) is 8.27. The summed E-state index contributed by atoms with van der Waals surface area (Å²) in [5.41, 5.74) is 1.84. The minimum absolute atomic E-state index is 0. The molecule has 2 rings (SSSR count). The number of aryl methyl sites for hydroxylation is 1. The van der Waals surface area contributed by atoms with E-state index in [9.17, 15) is 13.2 Å². The third-order valence-electron chi connectivity index (χ3n) is 3.99. The molecule has 0 radical (unpaired) electrons. The number of hydrogen-bond donors (Lipinski definition) is 2. The molecule has 2 N–H and O–H groups in total. The Balaban J connectivity index is 0.00000338. The second-order valence-electron chi connectivity index (χ2n) is 6.02. The molecule has 2 aromatic carbocycles. The van der Waals surface area contributed by atoms with Crippen LogP contribution in [0.3, 0.4) is 0 Å². The van der Waals surface area contributed by atoms with Crippen molar-refractivity contribution in [3.63, 3.8) is 0 Å². The molecule has 26 heavy (non-hydrogen) atoms. The SMILES string of the molecule is CCCC(NCc1ccc(S(=O)(=O)c2ccc(C)cc2)cc1)C(=O)O.Cl.